The van der Waals surface area contributed by atoms with Gasteiger partial charge >= 0.3 is 0 Å². The maximum absolute atomic E-state index is 12.4. The number of rotatable bonds is 7. The van der Waals surface area contributed by atoms with E-state index in [4.69, 9.17) is 11.6 Å². The molecule has 0 bridgehead atoms. The Morgan fingerprint density at radius 1 is 1.08 bits per heavy atom. The van der Waals surface area contributed by atoms with Crippen LogP contribution in [0.3, 0.4) is 0 Å². The molecule has 0 aliphatic heterocycles. The molecule has 0 spiro atoms. The first-order chi connectivity index (χ1) is 11.3. The van der Waals surface area contributed by atoms with Crippen LogP contribution in [0.15, 0.2) is 47.4 Å². The Morgan fingerprint density at radius 2 is 1.71 bits per heavy atom. The van der Waals surface area contributed by atoms with Gasteiger partial charge in [-0.3, -0.25) is 30.5 Å². The van der Waals surface area contributed by atoms with Crippen molar-refractivity contribution in [2.75, 3.05) is 10.1 Å². The van der Waals surface area contributed by atoms with Crippen molar-refractivity contribution < 1.29 is 18.1 Å². The Bertz CT molecular complexity index is 870. The van der Waals surface area contributed by atoms with Crippen LogP contribution in [0.5, 0.6) is 0 Å². The summed E-state index contributed by atoms with van der Waals surface area (Å²) in [5.74, 6) is 0. The fourth-order valence-corrected chi connectivity index (χ4v) is 3.34. The number of anilines is 2. The average molecular weight is 371 g/mol. The van der Waals surface area contributed by atoms with Crippen LogP contribution in [-0.2, 0) is 14.8 Å². The SMILES string of the molecule is O=CNNc1ccc(NS(=O)(=O)c2cc([N+](=O)[O-])ccc2Cl)cc1. The van der Waals surface area contributed by atoms with Gasteiger partial charge in [-0.25, -0.2) is 8.42 Å². The normalized spacial score (nSPS) is 10.7. The summed E-state index contributed by atoms with van der Waals surface area (Å²) in [6.07, 6.45) is 0.445. The second-order valence-corrected chi connectivity index (χ2v) is 6.50. The summed E-state index contributed by atoms with van der Waals surface area (Å²) in [7, 11) is -4.11. The first-order valence-electron chi connectivity index (χ1n) is 6.35. The third-order valence-electron chi connectivity index (χ3n) is 2.83. The molecule has 0 unspecified atom stereocenters. The van der Waals surface area contributed by atoms with Crippen molar-refractivity contribution in [1.82, 2.24) is 5.43 Å². The zero-order valence-electron chi connectivity index (χ0n) is 11.9. The zero-order chi connectivity index (χ0) is 17.7. The Kier molecular flexibility index (Phi) is 5.21. The molecule has 24 heavy (non-hydrogen) atoms. The number of hydrogen-bond acceptors (Lipinski definition) is 6. The Labute approximate surface area is 141 Å². The third-order valence-corrected chi connectivity index (χ3v) is 4.69. The number of nitro groups is 1. The molecule has 1 amide bonds. The summed E-state index contributed by atoms with van der Waals surface area (Å²) in [6, 6.07) is 9.06. The van der Waals surface area contributed by atoms with E-state index in [1.165, 1.54) is 24.3 Å². The topological polar surface area (TPSA) is 130 Å². The largest absolute Gasteiger partial charge is 0.299 e. The summed E-state index contributed by atoms with van der Waals surface area (Å²) >= 11 is 5.84. The zero-order valence-corrected chi connectivity index (χ0v) is 13.5. The molecule has 3 N–H and O–H groups in total. The molecule has 0 saturated carbocycles. The predicted octanol–water partition coefficient (Wildman–Crippen LogP) is 2.12. The van der Waals surface area contributed by atoms with Crippen molar-refractivity contribution in [2.24, 2.45) is 0 Å². The number of non-ortho nitro benzene ring substituents is 1. The van der Waals surface area contributed by atoms with Crippen molar-refractivity contribution in [3.05, 3.63) is 57.6 Å². The molecule has 11 heteroatoms. The van der Waals surface area contributed by atoms with Gasteiger partial charge in [-0.1, -0.05) is 11.6 Å². The summed E-state index contributed by atoms with van der Waals surface area (Å²) in [4.78, 5) is 19.8. The van der Waals surface area contributed by atoms with Crippen LogP contribution in [0, 0.1) is 10.1 Å². The molecule has 0 aromatic heterocycles. The monoisotopic (exact) mass is 370 g/mol. The van der Waals surface area contributed by atoms with E-state index in [9.17, 15) is 23.3 Å². The molecule has 0 fully saturated rings. The lowest BCUT2D eigenvalue weighted by molar-refractivity contribution is -0.385. The van der Waals surface area contributed by atoms with Crippen LogP contribution in [0.25, 0.3) is 0 Å². The van der Waals surface area contributed by atoms with Gasteiger partial charge in [0.25, 0.3) is 15.7 Å². The molecule has 0 heterocycles. The van der Waals surface area contributed by atoms with Crippen LogP contribution >= 0.6 is 11.6 Å². The molecule has 0 saturated heterocycles. The molecule has 0 atom stereocenters. The van der Waals surface area contributed by atoms with Gasteiger partial charge in [0.1, 0.15) is 4.90 Å². The molecule has 2 aromatic rings. The van der Waals surface area contributed by atoms with E-state index < -0.39 is 19.8 Å². The standard InChI is InChI=1S/C13H11ClN4O5S/c14-12-6-5-11(18(20)21)7-13(12)24(22,23)17-10-3-1-9(2-4-10)16-15-8-19/h1-8,16-17H,(H,15,19). The molecule has 2 aromatic carbocycles. The number of carbonyl (C=O) groups is 1. The van der Waals surface area contributed by atoms with Gasteiger partial charge in [0.2, 0.25) is 6.41 Å². The fraction of sp³-hybridized carbons (Fsp3) is 0. The lowest BCUT2D eigenvalue weighted by atomic mass is 10.3. The van der Waals surface area contributed by atoms with E-state index in [2.05, 4.69) is 15.6 Å². The highest BCUT2D eigenvalue weighted by Gasteiger charge is 2.21. The summed E-state index contributed by atoms with van der Waals surface area (Å²) in [5, 5.41) is 10.6. The smallest absolute Gasteiger partial charge is 0.270 e. The van der Waals surface area contributed by atoms with Crippen LogP contribution in [0.1, 0.15) is 0 Å². The van der Waals surface area contributed by atoms with Gasteiger partial charge in [-0.2, -0.15) is 0 Å². The second kappa shape index (κ2) is 7.15. The van der Waals surface area contributed by atoms with Gasteiger partial charge < -0.3 is 0 Å². The summed E-state index contributed by atoms with van der Waals surface area (Å²) in [6.45, 7) is 0. The van der Waals surface area contributed by atoms with E-state index in [0.717, 1.165) is 18.2 Å². The maximum atomic E-state index is 12.4. The molecular formula is C13H11ClN4O5S. The number of benzene rings is 2. The quantitative estimate of drug-likeness (QED) is 0.388. The Hall–Kier alpha value is -2.85. The predicted molar refractivity (Wildman–Crippen MR) is 88.2 cm³/mol. The number of nitro benzene ring substituents is 1. The minimum absolute atomic E-state index is 0.137. The maximum Gasteiger partial charge on any atom is 0.270 e. The van der Waals surface area contributed by atoms with Crippen molar-refractivity contribution in [3.8, 4) is 0 Å². The molecule has 2 rings (SSSR count). The Balaban J connectivity index is 2.26. The van der Waals surface area contributed by atoms with Crippen molar-refractivity contribution in [3.63, 3.8) is 0 Å². The first kappa shape index (κ1) is 17.5. The van der Waals surface area contributed by atoms with E-state index in [1.807, 2.05) is 0 Å². The van der Waals surface area contributed by atoms with Crippen molar-refractivity contribution in [1.29, 1.82) is 0 Å². The van der Waals surface area contributed by atoms with Crippen LogP contribution in [-0.4, -0.2) is 19.8 Å². The highest BCUT2D eigenvalue weighted by molar-refractivity contribution is 7.92. The number of amides is 1. The van der Waals surface area contributed by atoms with E-state index in [-0.39, 0.29) is 16.4 Å². The molecule has 9 nitrogen and oxygen atoms in total. The molecule has 126 valence electrons. The number of halogens is 1. The van der Waals surface area contributed by atoms with Gasteiger partial charge in [0, 0.05) is 17.8 Å². The van der Waals surface area contributed by atoms with Gasteiger partial charge in [-0.15, -0.1) is 0 Å². The minimum Gasteiger partial charge on any atom is -0.299 e. The highest BCUT2D eigenvalue weighted by Crippen LogP contribution is 2.28. The number of carbonyl (C=O) groups excluding carboxylic acids is 1. The van der Waals surface area contributed by atoms with Crippen LogP contribution < -0.4 is 15.6 Å². The van der Waals surface area contributed by atoms with E-state index in [1.54, 1.807) is 0 Å². The van der Waals surface area contributed by atoms with Gasteiger partial charge in [-0.05, 0) is 30.3 Å². The number of hydrogen-bond donors (Lipinski definition) is 3. The number of sulfonamides is 1. The number of nitrogens with zero attached hydrogens (tertiary/aromatic N) is 1. The van der Waals surface area contributed by atoms with E-state index in [0.29, 0.717) is 12.1 Å². The second-order valence-electron chi connectivity index (χ2n) is 4.44. The summed E-state index contributed by atoms with van der Waals surface area (Å²) in [5.41, 5.74) is 5.14. The number of nitrogens with one attached hydrogen (secondary N) is 3. The minimum atomic E-state index is -4.11. The number of hydrazine groups is 1. The lowest BCUT2D eigenvalue weighted by Crippen LogP contribution is -2.19. The molecule has 0 radical (unpaired) electrons. The molecular weight excluding hydrogens is 360 g/mol. The van der Waals surface area contributed by atoms with Crippen LogP contribution in [0.2, 0.25) is 5.02 Å². The average Bonchev–Trinajstić information content (AvgIpc) is 2.54. The van der Waals surface area contributed by atoms with E-state index >= 15 is 0 Å². The molecule has 0 aliphatic rings. The fourth-order valence-electron chi connectivity index (χ4n) is 1.76. The molecule has 0 aliphatic carbocycles. The van der Waals surface area contributed by atoms with Gasteiger partial charge in [0.05, 0.1) is 15.6 Å². The summed E-state index contributed by atoms with van der Waals surface area (Å²) < 4.78 is 27.0. The first-order valence-corrected chi connectivity index (χ1v) is 8.21. The van der Waals surface area contributed by atoms with Gasteiger partial charge in [0.15, 0.2) is 0 Å². The van der Waals surface area contributed by atoms with Crippen molar-refractivity contribution >= 4 is 45.1 Å². The highest BCUT2D eigenvalue weighted by atomic mass is 35.5. The lowest BCUT2D eigenvalue weighted by Gasteiger charge is -2.10. The third kappa shape index (κ3) is 4.12. The van der Waals surface area contributed by atoms with Crippen LogP contribution in [0.4, 0.5) is 17.1 Å². The van der Waals surface area contributed by atoms with Crippen molar-refractivity contribution in [2.45, 2.75) is 4.90 Å². The Morgan fingerprint density at radius 3 is 2.29 bits per heavy atom.